The lowest BCUT2D eigenvalue weighted by molar-refractivity contribution is -0.146. The molecule has 0 aromatic carbocycles. The molecule has 0 rings (SSSR count). The van der Waals surface area contributed by atoms with E-state index < -0.39 is 5.72 Å². The van der Waals surface area contributed by atoms with Crippen molar-refractivity contribution in [2.24, 2.45) is 5.10 Å². The van der Waals surface area contributed by atoms with E-state index in [0.717, 1.165) is 0 Å². The summed E-state index contributed by atoms with van der Waals surface area (Å²) in [5, 5.41) is 5.31. The predicted molar refractivity (Wildman–Crippen MR) is 60.8 cm³/mol. The van der Waals surface area contributed by atoms with Crippen LogP contribution in [0.4, 0.5) is 0 Å². The first-order valence-electron chi connectivity index (χ1n) is 4.49. The molecule has 0 atom stereocenters. The second-order valence-electron chi connectivity index (χ2n) is 3.65. The molecule has 0 bridgehead atoms. The third kappa shape index (κ3) is 4.05. The van der Waals surface area contributed by atoms with Crippen LogP contribution in [0.15, 0.2) is 5.10 Å². The third-order valence-electron chi connectivity index (χ3n) is 2.01. The van der Waals surface area contributed by atoms with Crippen LogP contribution in [0.25, 0.3) is 0 Å². The van der Waals surface area contributed by atoms with Crippen LogP contribution >= 0.6 is 11.6 Å². The van der Waals surface area contributed by atoms with Crippen LogP contribution in [0, 0.1) is 0 Å². The van der Waals surface area contributed by atoms with Crippen molar-refractivity contribution < 1.29 is 9.53 Å². The van der Waals surface area contributed by atoms with Gasteiger partial charge >= 0.3 is 0 Å². The number of hydrogen-bond acceptors (Lipinski definition) is 3. The number of ether oxygens (including phenoxy) is 1. The smallest absolute Gasteiger partial charge is 0.232 e. The van der Waals surface area contributed by atoms with Crippen LogP contribution in [-0.4, -0.2) is 55.0 Å². The summed E-state index contributed by atoms with van der Waals surface area (Å²) in [5.41, 5.74) is -0.783. The van der Waals surface area contributed by atoms with Crippen LogP contribution in [0.3, 0.4) is 0 Å². The molecule has 5 nitrogen and oxygen atoms in total. The number of carbonyl (C=O) groups is 1. The minimum atomic E-state index is -0.783. The summed E-state index contributed by atoms with van der Waals surface area (Å²) in [6.45, 7) is 3.48. The summed E-state index contributed by atoms with van der Waals surface area (Å²) in [6, 6.07) is 0. The summed E-state index contributed by atoms with van der Waals surface area (Å²) in [7, 11) is 5.13. The molecule has 0 aliphatic heterocycles. The average Bonchev–Trinajstić information content (AvgIpc) is 2.18. The van der Waals surface area contributed by atoms with E-state index >= 15 is 0 Å². The van der Waals surface area contributed by atoms with E-state index in [4.69, 9.17) is 16.3 Å². The van der Waals surface area contributed by atoms with Crippen LogP contribution < -0.4 is 0 Å². The Hall–Kier alpha value is -0.810. The second-order valence-corrected chi connectivity index (χ2v) is 3.91. The monoisotopic (exact) mass is 235 g/mol. The van der Waals surface area contributed by atoms with E-state index in [1.54, 1.807) is 18.7 Å². The van der Waals surface area contributed by atoms with Gasteiger partial charge in [0.2, 0.25) is 6.41 Å². The minimum absolute atomic E-state index is 0.233. The van der Waals surface area contributed by atoms with Crippen molar-refractivity contribution in [1.29, 1.82) is 0 Å². The van der Waals surface area contributed by atoms with Crippen molar-refractivity contribution in [1.82, 2.24) is 9.91 Å². The lowest BCUT2D eigenvalue weighted by atomic mass is 10.3. The van der Waals surface area contributed by atoms with Crippen molar-refractivity contribution in [3.05, 3.63) is 0 Å². The van der Waals surface area contributed by atoms with E-state index in [1.807, 2.05) is 14.1 Å². The molecular weight excluding hydrogens is 218 g/mol. The highest BCUT2D eigenvalue weighted by Crippen LogP contribution is 2.13. The van der Waals surface area contributed by atoms with E-state index in [2.05, 4.69) is 5.10 Å². The normalized spacial score (nSPS) is 12.5. The molecule has 0 saturated heterocycles. The maximum Gasteiger partial charge on any atom is 0.232 e. The maximum atomic E-state index is 10.9. The lowest BCUT2D eigenvalue weighted by Gasteiger charge is -2.31. The van der Waals surface area contributed by atoms with Gasteiger partial charge in [0.15, 0.2) is 5.72 Å². The molecule has 15 heavy (non-hydrogen) atoms. The molecule has 0 saturated carbocycles. The molecule has 0 radical (unpaired) electrons. The van der Waals surface area contributed by atoms with Crippen LogP contribution in [0.2, 0.25) is 0 Å². The number of halogens is 1. The van der Waals surface area contributed by atoms with Gasteiger partial charge in [-0.05, 0) is 13.8 Å². The van der Waals surface area contributed by atoms with Gasteiger partial charge in [-0.3, -0.25) is 4.79 Å². The van der Waals surface area contributed by atoms with E-state index in [1.165, 1.54) is 12.1 Å². The fourth-order valence-electron chi connectivity index (χ4n) is 0.724. The lowest BCUT2D eigenvalue weighted by Crippen LogP contribution is -2.43. The molecule has 0 aromatic rings. The number of hydrazone groups is 1. The fraction of sp³-hybridized carbons (Fsp3) is 0.778. The first-order chi connectivity index (χ1) is 6.88. The summed E-state index contributed by atoms with van der Waals surface area (Å²) in [6.07, 6.45) is 0.611. The molecule has 1 amide bonds. The number of hydrogen-bond donors (Lipinski definition) is 0. The first kappa shape index (κ1) is 14.2. The molecule has 6 heteroatoms. The van der Waals surface area contributed by atoms with Gasteiger partial charge in [-0.15, -0.1) is 11.6 Å². The number of amides is 1. The highest BCUT2D eigenvalue weighted by Gasteiger charge is 2.25. The molecule has 0 aliphatic rings. The average molecular weight is 236 g/mol. The zero-order chi connectivity index (χ0) is 12.1. The number of rotatable bonds is 5. The minimum Gasteiger partial charge on any atom is -0.364 e. The molecule has 0 fully saturated rings. The standard InChI is InChI=1S/C9H18ClN3O2/c1-9(2,15-5)13(7-14)11-8(6-10)12(3)4/h7H,6H2,1-5H3/b11-8-. The van der Waals surface area contributed by atoms with Crippen molar-refractivity contribution in [2.75, 3.05) is 27.1 Å². The summed E-state index contributed by atoms with van der Waals surface area (Å²) < 4.78 is 5.14. The number of methoxy groups -OCH3 is 1. The van der Waals surface area contributed by atoms with Gasteiger partial charge in [-0.1, -0.05) is 0 Å². The SMILES string of the molecule is COC(C)(C)N(C=O)/N=C(/CCl)N(C)C. The molecule has 0 N–H and O–H groups in total. The predicted octanol–water partition coefficient (Wildman–Crippen LogP) is 0.941. The van der Waals surface area contributed by atoms with Gasteiger partial charge in [0.05, 0.1) is 5.88 Å². The fourth-order valence-corrected chi connectivity index (χ4v) is 1.02. The highest BCUT2D eigenvalue weighted by atomic mass is 35.5. The summed E-state index contributed by atoms with van der Waals surface area (Å²) >= 11 is 5.70. The summed E-state index contributed by atoms with van der Waals surface area (Å²) in [5.74, 6) is 0.825. The quantitative estimate of drug-likeness (QED) is 0.178. The zero-order valence-electron chi connectivity index (χ0n) is 9.82. The largest absolute Gasteiger partial charge is 0.364 e. The Morgan fingerprint density at radius 1 is 1.53 bits per heavy atom. The molecule has 0 unspecified atom stereocenters. The van der Waals surface area contributed by atoms with Crippen LogP contribution in [0.1, 0.15) is 13.8 Å². The molecular formula is C9H18ClN3O2. The highest BCUT2D eigenvalue weighted by molar-refractivity contribution is 6.28. The summed E-state index contributed by atoms with van der Waals surface area (Å²) in [4.78, 5) is 12.6. The number of amidine groups is 1. The topological polar surface area (TPSA) is 45.1 Å². The molecule has 0 heterocycles. The zero-order valence-corrected chi connectivity index (χ0v) is 10.6. The van der Waals surface area contributed by atoms with Gasteiger partial charge in [-0.25, -0.2) is 5.01 Å². The Balaban J connectivity index is 4.91. The third-order valence-corrected chi connectivity index (χ3v) is 2.25. The van der Waals surface area contributed by atoms with E-state index in [9.17, 15) is 4.79 Å². The molecule has 0 spiro atoms. The van der Waals surface area contributed by atoms with Crippen molar-refractivity contribution in [3.63, 3.8) is 0 Å². The van der Waals surface area contributed by atoms with Gasteiger partial charge in [-0.2, -0.15) is 5.10 Å². The van der Waals surface area contributed by atoms with E-state index in [-0.39, 0.29) is 5.88 Å². The van der Waals surface area contributed by atoms with Crippen LogP contribution in [-0.2, 0) is 9.53 Å². The Morgan fingerprint density at radius 2 is 2.07 bits per heavy atom. The Morgan fingerprint density at radius 3 is 2.33 bits per heavy atom. The van der Waals surface area contributed by atoms with Crippen molar-refractivity contribution >= 4 is 23.8 Å². The van der Waals surface area contributed by atoms with Gasteiger partial charge in [0.25, 0.3) is 0 Å². The molecule has 0 aromatic heterocycles. The van der Waals surface area contributed by atoms with Crippen molar-refractivity contribution in [2.45, 2.75) is 19.6 Å². The van der Waals surface area contributed by atoms with Crippen LogP contribution in [0.5, 0.6) is 0 Å². The van der Waals surface area contributed by atoms with Gasteiger partial charge in [0, 0.05) is 21.2 Å². The van der Waals surface area contributed by atoms with E-state index in [0.29, 0.717) is 12.2 Å². The Labute approximate surface area is 95.6 Å². The molecule has 88 valence electrons. The number of alkyl halides is 1. The Kier molecular flexibility index (Phi) is 5.60. The van der Waals surface area contributed by atoms with Gasteiger partial charge < -0.3 is 9.64 Å². The number of nitrogens with zero attached hydrogens (tertiary/aromatic N) is 3. The number of carbonyl (C=O) groups excluding carboxylic acids is 1. The maximum absolute atomic E-state index is 10.9. The Bertz CT molecular complexity index is 242. The van der Waals surface area contributed by atoms with Gasteiger partial charge in [0.1, 0.15) is 5.84 Å². The first-order valence-corrected chi connectivity index (χ1v) is 5.03. The van der Waals surface area contributed by atoms with Crippen molar-refractivity contribution in [3.8, 4) is 0 Å². The molecule has 0 aliphatic carbocycles. The second kappa shape index (κ2) is 5.92.